The normalized spacial score (nSPS) is 11.8. The molecule has 3 amide bonds. The van der Waals surface area contributed by atoms with Crippen LogP contribution >= 0.6 is 46.3 Å². The van der Waals surface area contributed by atoms with E-state index in [0.717, 1.165) is 16.2 Å². The molecule has 1 aromatic carbocycles. The lowest BCUT2D eigenvalue weighted by molar-refractivity contribution is -0.117. The van der Waals surface area contributed by atoms with Crippen molar-refractivity contribution in [3.05, 3.63) is 44.9 Å². The minimum Gasteiger partial charge on any atom is -0.352 e. The Morgan fingerprint density at radius 2 is 2.15 bits per heavy atom. The van der Waals surface area contributed by atoms with Gasteiger partial charge in [0, 0.05) is 27.5 Å². The molecule has 0 spiro atoms. The number of nitrogens with two attached hydrogens (primary N) is 1. The Labute approximate surface area is 169 Å². The highest BCUT2D eigenvalue weighted by molar-refractivity contribution is 7.98. The number of amides is 3. The molecule has 0 aliphatic heterocycles. The van der Waals surface area contributed by atoms with Crippen LogP contribution in [-0.4, -0.2) is 35.0 Å². The maximum absolute atomic E-state index is 12.4. The Hall–Kier alpha value is -1.48. The number of nitrogens with one attached hydrogen (secondary N) is 2. The number of anilines is 1. The van der Waals surface area contributed by atoms with Crippen LogP contribution in [-0.2, 0) is 11.2 Å². The zero-order chi connectivity index (χ0) is 19.1. The maximum Gasteiger partial charge on any atom is 0.312 e. The van der Waals surface area contributed by atoms with Gasteiger partial charge in [0.25, 0.3) is 0 Å². The fourth-order valence-electron chi connectivity index (χ4n) is 2.18. The second-order valence-corrected chi connectivity index (χ2v) is 8.32. The van der Waals surface area contributed by atoms with E-state index >= 15 is 0 Å². The van der Waals surface area contributed by atoms with Crippen LogP contribution < -0.4 is 16.4 Å². The van der Waals surface area contributed by atoms with Crippen molar-refractivity contribution < 1.29 is 9.59 Å². The lowest BCUT2D eigenvalue weighted by Gasteiger charge is -2.15. The molecule has 26 heavy (non-hydrogen) atoms. The number of urea groups is 1. The van der Waals surface area contributed by atoms with Crippen molar-refractivity contribution in [2.45, 2.75) is 18.9 Å². The molecule has 0 aliphatic rings. The van der Waals surface area contributed by atoms with Crippen molar-refractivity contribution in [1.82, 2.24) is 10.3 Å². The number of nitrogens with zero attached hydrogens (tertiary/aromatic N) is 1. The van der Waals surface area contributed by atoms with Gasteiger partial charge in [-0.05, 0) is 42.2 Å². The van der Waals surface area contributed by atoms with Crippen LogP contribution in [0.5, 0.6) is 0 Å². The molecule has 0 radical (unpaired) electrons. The number of rotatable bonds is 8. The number of primary amides is 1. The predicted octanol–water partition coefficient (Wildman–Crippen LogP) is 3.77. The summed E-state index contributed by atoms with van der Waals surface area (Å²) in [6.07, 6.45) is 4.64. The minimum atomic E-state index is -0.735. The van der Waals surface area contributed by atoms with E-state index in [4.69, 9.17) is 28.9 Å². The Bertz CT molecular complexity index is 785. The van der Waals surface area contributed by atoms with Gasteiger partial charge in [-0.1, -0.05) is 23.2 Å². The highest BCUT2D eigenvalue weighted by atomic mass is 35.5. The summed E-state index contributed by atoms with van der Waals surface area (Å²) in [5, 5.41) is 6.85. The van der Waals surface area contributed by atoms with Crippen molar-refractivity contribution in [1.29, 1.82) is 0 Å². The third kappa shape index (κ3) is 6.35. The largest absolute Gasteiger partial charge is 0.352 e. The Balaban J connectivity index is 2.02. The van der Waals surface area contributed by atoms with Crippen molar-refractivity contribution in [2.24, 2.45) is 5.73 Å². The summed E-state index contributed by atoms with van der Waals surface area (Å²) < 4.78 is 0. The molecule has 140 valence electrons. The quantitative estimate of drug-likeness (QED) is 0.591. The fourth-order valence-corrected chi connectivity index (χ4v) is 3.87. The number of benzene rings is 1. The van der Waals surface area contributed by atoms with Gasteiger partial charge >= 0.3 is 6.03 Å². The molecule has 1 aromatic heterocycles. The lowest BCUT2D eigenvalue weighted by Crippen LogP contribution is -2.46. The average molecular weight is 433 g/mol. The lowest BCUT2D eigenvalue weighted by atomic mass is 10.1. The van der Waals surface area contributed by atoms with E-state index in [2.05, 4.69) is 15.6 Å². The average Bonchev–Trinajstić information content (AvgIpc) is 3.01. The number of halogens is 2. The first-order valence-corrected chi connectivity index (χ1v) is 10.6. The van der Waals surface area contributed by atoms with E-state index in [-0.39, 0.29) is 5.91 Å². The van der Waals surface area contributed by atoms with Crippen molar-refractivity contribution in [3.8, 4) is 0 Å². The van der Waals surface area contributed by atoms with Gasteiger partial charge in [0.2, 0.25) is 5.91 Å². The molecule has 1 heterocycles. The Morgan fingerprint density at radius 1 is 1.38 bits per heavy atom. The van der Waals surface area contributed by atoms with Crippen LogP contribution in [0.25, 0.3) is 0 Å². The summed E-state index contributed by atoms with van der Waals surface area (Å²) in [5.74, 6) is 0.369. The van der Waals surface area contributed by atoms with Crippen LogP contribution in [0.3, 0.4) is 0 Å². The van der Waals surface area contributed by atoms with Crippen molar-refractivity contribution in [2.75, 3.05) is 17.3 Å². The summed E-state index contributed by atoms with van der Waals surface area (Å²) >= 11 is 15.1. The summed E-state index contributed by atoms with van der Waals surface area (Å²) in [6, 6.07) is 3.84. The summed E-state index contributed by atoms with van der Waals surface area (Å²) in [7, 11) is 0. The van der Waals surface area contributed by atoms with Gasteiger partial charge in [-0.3, -0.25) is 4.79 Å². The van der Waals surface area contributed by atoms with Gasteiger partial charge in [-0.25, -0.2) is 9.78 Å². The van der Waals surface area contributed by atoms with E-state index in [1.807, 2.05) is 6.26 Å². The third-order valence-electron chi connectivity index (χ3n) is 3.40. The van der Waals surface area contributed by atoms with E-state index in [0.29, 0.717) is 28.0 Å². The second kappa shape index (κ2) is 10.0. The standard InChI is InChI=1S/C16H18Cl2N4O2S2/c1-25-5-4-13(21-15(19)24)14(23)22-16-20-8-11(26-16)7-9-6-10(17)2-3-12(9)18/h2-3,6,8,13H,4-5,7H2,1H3,(H3,19,21,24)(H,20,22,23). The molecule has 2 rings (SSSR count). The molecular formula is C16H18Cl2N4O2S2. The molecule has 0 saturated carbocycles. The molecule has 6 nitrogen and oxygen atoms in total. The van der Waals surface area contributed by atoms with Crippen LogP contribution in [0, 0.1) is 0 Å². The number of hydrogen-bond donors (Lipinski definition) is 3. The van der Waals surface area contributed by atoms with Crippen LogP contribution in [0.1, 0.15) is 16.9 Å². The number of thioether (sulfide) groups is 1. The fraction of sp³-hybridized carbons (Fsp3) is 0.312. The first kappa shape index (κ1) is 20.8. The topological polar surface area (TPSA) is 97.1 Å². The predicted molar refractivity (Wildman–Crippen MR) is 110 cm³/mol. The molecule has 0 saturated heterocycles. The zero-order valence-corrected chi connectivity index (χ0v) is 17.1. The number of carbonyl (C=O) groups is 2. The summed E-state index contributed by atoms with van der Waals surface area (Å²) in [6.45, 7) is 0. The molecule has 0 fully saturated rings. The Kier molecular flexibility index (Phi) is 8.02. The van der Waals surface area contributed by atoms with Crippen LogP contribution in [0.2, 0.25) is 10.0 Å². The molecule has 1 atom stereocenters. The van der Waals surface area contributed by atoms with E-state index in [1.54, 1.807) is 36.2 Å². The zero-order valence-electron chi connectivity index (χ0n) is 13.9. The molecule has 1 unspecified atom stereocenters. The molecule has 0 bridgehead atoms. The van der Waals surface area contributed by atoms with Gasteiger partial charge in [0.05, 0.1) is 0 Å². The summed E-state index contributed by atoms with van der Waals surface area (Å²) in [5.41, 5.74) is 6.02. The van der Waals surface area contributed by atoms with E-state index in [1.165, 1.54) is 11.3 Å². The molecule has 4 N–H and O–H groups in total. The monoisotopic (exact) mass is 432 g/mol. The number of carbonyl (C=O) groups excluding carboxylic acids is 2. The highest BCUT2D eigenvalue weighted by Gasteiger charge is 2.20. The van der Waals surface area contributed by atoms with Gasteiger partial charge < -0.3 is 16.4 Å². The van der Waals surface area contributed by atoms with Gasteiger partial charge in [0.15, 0.2) is 5.13 Å². The van der Waals surface area contributed by atoms with E-state index < -0.39 is 12.1 Å². The minimum absolute atomic E-state index is 0.348. The van der Waals surface area contributed by atoms with Crippen molar-refractivity contribution >= 4 is 63.4 Å². The highest BCUT2D eigenvalue weighted by Crippen LogP contribution is 2.27. The van der Waals surface area contributed by atoms with Crippen LogP contribution in [0.15, 0.2) is 24.4 Å². The van der Waals surface area contributed by atoms with Crippen molar-refractivity contribution in [3.63, 3.8) is 0 Å². The smallest absolute Gasteiger partial charge is 0.312 e. The summed E-state index contributed by atoms with van der Waals surface area (Å²) in [4.78, 5) is 28.6. The molecule has 10 heteroatoms. The number of aromatic nitrogens is 1. The molecular weight excluding hydrogens is 415 g/mol. The first-order valence-electron chi connectivity index (χ1n) is 7.63. The van der Waals surface area contributed by atoms with Gasteiger partial charge in [-0.15, -0.1) is 11.3 Å². The number of hydrogen-bond acceptors (Lipinski definition) is 5. The second-order valence-electron chi connectivity index (χ2n) is 5.38. The third-order valence-corrected chi connectivity index (χ3v) is 5.56. The Morgan fingerprint density at radius 3 is 2.85 bits per heavy atom. The van der Waals surface area contributed by atoms with Gasteiger partial charge in [-0.2, -0.15) is 11.8 Å². The van der Waals surface area contributed by atoms with Crippen LogP contribution in [0.4, 0.5) is 9.93 Å². The SMILES string of the molecule is CSCCC(NC(N)=O)C(=O)Nc1ncc(Cc2cc(Cl)ccc2Cl)s1. The maximum atomic E-state index is 12.4. The van der Waals surface area contributed by atoms with Gasteiger partial charge in [0.1, 0.15) is 6.04 Å². The molecule has 0 aliphatic carbocycles. The molecule has 2 aromatic rings. The van der Waals surface area contributed by atoms with E-state index in [9.17, 15) is 9.59 Å². The first-order chi connectivity index (χ1) is 12.4. The number of thiazole rings is 1.